The molecule has 1 aromatic rings. The van der Waals surface area contributed by atoms with Gasteiger partial charge in [0, 0.05) is 17.1 Å². The summed E-state index contributed by atoms with van der Waals surface area (Å²) < 4.78 is 12.3. The van der Waals surface area contributed by atoms with Gasteiger partial charge in [0.25, 0.3) is 0 Å². The molecule has 0 aliphatic carbocycles. The van der Waals surface area contributed by atoms with Crippen molar-refractivity contribution in [1.82, 2.24) is 5.32 Å². The highest BCUT2D eigenvalue weighted by Gasteiger charge is 2.21. The molecule has 0 saturated heterocycles. The Balaban J connectivity index is 2.76. The fraction of sp³-hybridized carbons (Fsp3) is 0.500. The number of carbonyl (C=O) groups is 1. The van der Waals surface area contributed by atoms with Gasteiger partial charge in [0.15, 0.2) is 0 Å². The second kappa shape index (κ2) is 6.70. The third kappa shape index (κ3) is 4.35. The highest BCUT2D eigenvalue weighted by atomic mass is 32.2. The van der Waals surface area contributed by atoms with Crippen LogP contribution in [0.1, 0.15) is 26.3 Å². The number of hydrogen-bond donors (Lipinski definition) is 2. The first-order chi connectivity index (χ1) is 8.82. The van der Waals surface area contributed by atoms with Gasteiger partial charge < -0.3 is 11.1 Å². The van der Waals surface area contributed by atoms with Gasteiger partial charge >= 0.3 is 0 Å². The van der Waals surface area contributed by atoms with E-state index in [1.807, 2.05) is 20.8 Å². The summed E-state index contributed by atoms with van der Waals surface area (Å²) in [6.07, 6.45) is 0. The number of carbonyl (C=O) groups excluding carboxylic acids is 1. The van der Waals surface area contributed by atoms with Gasteiger partial charge in [-0.25, -0.2) is 0 Å². The van der Waals surface area contributed by atoms with Gasteiger partial charge in [0.1, 0.15) is 5.25 Å². The Morgan fingerprint density at radius 3 is 2.53 bits per heavy atom. The molecule has 3 N–H and O–H groups in total. The van der Waals surface area contributed by atoms with E-state index in [9.17, 15) is 9.00 Å². The highest BCUT2D eigenvalue weighted by Crippen LogP contribution is 2.18. The van der Waals surface area contributed by atoms with Crippen molar-refractivity contribution in [2.24, 2.45) is 5.92 Å². The first-order valence-corrected chi connectivity index (χ1v) is 7.58. The third-order valence-electron chi connectivity index (χ3n) is 2.85. The van der Waals surface area contributed by atoms with Crippen LogP contribution >= 0.6 is 0 Å². The lowest BCUT2D eigenvalue weighted by Crippen LogP contribution is -2.37. The van der Waals surface area contributed by atoms with Crippen molar-refractivity contribution >= 4 is 22.4 Å². The first-order valence-electron chi connectivity index (χ1n) is 6.37. The quantitative estimate of drug-likeness (QED) is 0.810. The lowest BCUT2D eigenvalue weighted by atomic mass is 10.2. The Morgan fingerprint density at radius 2 is 2.00 bits per heavy atom. The highest BCUT2D eigenvalue weighted by molar-refractivity contribution is 7.86. The van der Waals surface area contributed by atoms with Crippen LogP contribution < -0.4 is 11.1 Å². The van der Waals surface area contributed by atoms with Gasteiger partial charge in [0.2, 0.25) is 5.91 Å². The summed E-state index contributed by atoms with van der Waals surface area (Å²) in [6.45, 7) is 8.18. The summed E-state index contributed by atoms with van der Waals surface area (Å²) in [5.41, 5.74) is 7.27. The van der Waals surface area contributed by atoms with Crippen molar-refractivity contribution in [3.05, 3.63) is 23.8 Å². The van der Waals surface area contributed by atoms with E-state index in [4.69, 9.17) is 5.73 Å². The average Bonchev–Trinajstić information content (AvgIpc) is 2.37. The fourth-order valence-electron chi connectivity index (χ4n) is 1.52. The molecule has 106 valence electrons. The van der Waals surface area contributed by atoms with Crippen LogP contribution in [0.15, 0.2) is 23.1 Å². The molecule has 4 nitrogen and oxygen atoms in total. The Kier molecular flexibility index (Phi) is 5.54. The molecular weight excluding hydrogens is 260 g/mol. The summed E-state index contributed by atoms with van der Waals surface area (Å²) in [7, 11) is -1.36. The molecular formula is C14H22N2O2S. The Morgan fingerprint density at radius 1 is 1.37 bits per heavy atom. The number of nitrogens with one attached hydrogen (secondary N) is 1. The molecule has 0 radical (unpaired) electrons. The number of rotatable bonds is 5. The van der Waals surface area contributed by atoms with Gasteiger partial charge in [-0.15, -0.1) is 0 Å². The van der Waals surface area contributed by atoms with Crippen LogP contribution in [-0.2, 0) is 15.6 Å². The summed E-state index contributed by atoms with van der Waals surface area (Å²) in [6, 6.07) is 5.21. The van der Waals surface area contributed by atoms with Crippen LogP contribution in [0, 0.1) is 12.8 Å². The molecule has 0 heterocycles. The van der Waals surface area contributed by atoms with E-state index in [1.54, 1.807) is 25.1 Å². The lowest BCUT2D eigenvalue weighted by Gasteiger charge is -2.14. The SMILES string of the molecule is Cc1cc(S(=O)C(C)C(=O)NCC(C)C)ccc1N. The van der Waals surface area contributed by atoms with Crippen LogP contribution in [0.3, 0.4) is 0 Å². The molecule has 0 aliphatic rings. The maximum Gasteiger partial charge on any atom is 0.235 e. The van der Waals surface area contributed by atoms with Crippen LogP contribution in [0.25, 0.3) is 0 Å². The predicted octanol–water partition coefficient (Wildman–Crippen LogP) is 1.85. The normalized spacial score (nSPS) is 14.2. The van der Waals surface area contributed by atoms with E-state index in [1.165, 1.54) is 0 Å². The van der Waals surface area contributed by atoms with E-state index >= 15 is 0 Å². The molecule has 0 aromatic heterocycles. The van der Waals surface area contributed by atoms with Crippen LogP contribution in [-0.4, -0.2) is 21.9 Å². The van der Waals surface area contributed by atoms with Gasteiger partial charge in [-0.3, -0.25) is 9.00 Å². The maximum atomic E-state index is 12.3. The van der Waals surface area contributed by atoms with Crippen molar-refractivity contribution in [1.29, 1.82) is 0 Å². The minimum Gasteiger partial charge on any atom is -0.399 e. The first kappa shape index (κ1) is 15.7. The third-order valence-corrected chi connectivity index (χ3v) is 4.42. The van der Waals surface area contributed by atoms with Crippen LogP contribution in [0.2, 0.25) is 0 Å². The standard InChI is InChI=1S/C14H22N2O2S/c1-9(2)8-16-14(17)11(4)19(18)12-5-6-13(15)10(3)7-12/h5-7,9,11H,8,15H2,1-4H3,(H,16,17). The summed E-state index contributed by atoms with van der Waals surface area (Å²) >= 11 is 0. The monoisotopic (exact) mass is 282 g/mol. The topological polar surface area (TPSA) is 72.2 Å². The number of anilines is 1. The molecule has 0 fully saturated rings. The molecule has 0 aliphatic heterocycles. The smallest absolute Gasteiger partial charge is 0.235 e. The summed E-state index contributed by atoms with van der Waals surface area (Å²) in [5, 5.41) is 2.23. The number of hydrogen-bond acceptors (Lipinski definition) is 3. The molecule has 2 atom stereocenters. The molecule has 1 aromatic carbocycles. The summed E-state index contributed by atoms with van der Waals surface area (Å²) in [5.74, 6) is 0.199. The average molecular weight is 282 g/mol. The van der Waals surface area contributed by atoms with Crippen molar-refractivity contribution in [2.45, 2.75) is 37.8 Å². The van der Waals surface area contributed by atoms with Crippen molar-refractivity contribution < 1.29 is 9.00 Å². The Labute approximate surface area is 117 Å². The zero-order chi connectivity index (χ0) is 14.6. The van der Waals surface area contributed by atoms with Crippen molar-refractivity contribution in [2.75, 3.05) is 12.3 Å². The molecule has 0 bridgehead atoms. The van der Waals surface area contributed by atoms with Crippen molar-refractivity contribution in [3.8, 4) is 0 Å². The maximum absolute atomic E-state index is 12.3. The zero-order valence-electron chi connectivity index (χ0n) is 11.9. The predicted molar refractivity (Wildman–Crippen MR) is 79.3 cm³/mol. The van der Waals surface area contributed by atoms with E-state index in [0.29, 0.717) is 23.0 Å². The van der Waals surface area contributed by atoms with E-state index in [2.05, 4.69) is 5.32 Å². The van der Waals surface area contributed by atoms with Gasteiger partial charge in [-0.05, 0) is 43.5 Å². The second-order valence-electron chi connectivity index (χ2n) is 5.10. The second-order valence-corrected chi connectivity index (χ2v) is 6.87. The summed E-state index contributed by atoms with van der Waals surface area (Å²) in [4.78, 5) is 12.5. The molecule has 19 heavy (non-hydrogen) atoms. The van der Waals surface area contributed by atoms with Gasteiger partial charge in [0.05, 0.1) is 10.8 Å². The van der Waals surface area contributed by atoms with E-state index in [0.717, 1.165) is 5.56 Å². The van der Waals surface area contributed by atoms with Gasteiger partial charge in [-0.1, -0.05) is 13.8 Å². The molecule has 1 rings (SSSR count). The Hall–Kier alpha value is -1.36. The molecule has 2 unspecified atom stereocenters. The zero-order valence-corrected chi connectivity index (χ0v) is 12.7. The largest absolute Gasteiger partial charge is 0.399 e. The van der Waals surface area contributed by atoms with Crippen LogP contribution in [0.4, 0.5) is 5.69 Å². The van der Waals surface area contributed by atoms with E-state index in [-0.39, 0.29) is 5.91 Å². The fourth-order valence-corrected chi connectivity index (χ4v) is 2.70. The molecule has 0 saturated carbocycles. The van der Waals surface area contributed by atoms with Crippen molar-refractivity contribution in [3.63, 3.8) is 0 Å². The number of nitrogens with two attached hydrogens (primary N) is 1. The number of benzene rings is 1. The number of amides is 1. The van der Waals surface area contributed by atoms with Crippen LogP contribution in [0.5, 0.6) is 0 Å². The van der Waals surface area contributed by atoms with E-state index < -0.39 is 16.0 Å². The lowest BCUT2D eigenvalue weighted by molar-refractivity contribution is -0.120. The molecule has 0 spiro atoms. The minimum absolute atomic E-state index is 0.179. The number of aryl methyl sites for hydroxylation is 1. The minimum atomic E-state index is -1.36. The Bertz CT molecular complexity index is 486. The molecule has 5 heteroatoms. The molecule has 1 amide bonds. The number of nitrogen functional groups attached to an aromatic ring is 1. The van der Waals surface area contributed by atoms with Gasteiger partial charge in [-0.2, -0.15) is 0 Å².